The molecular formula is C17H16O3. The van der Waals surface area contributed by atoms with Gasteiger partial charge in [-0.15, -0.1) is 0 Å². The maximum absolute atomic E-state index is 11.4. The van der Waals surface area contributed by atoms with E-state index in [4.69, 9.17) is 0 Å². The van der Waals surface area contributed by atoms with Gasteiger partial charge in [0.25, 0.3) is 0 Å². The number of Topliss-reactive ketones (excluding diaryl/α,β-unsaturated/α-hetero) is 1. The molecule has 0 amide bonds. The topological polar surface area (TPSA) is 54.4 Å². The normalized spacial score (nSPS) is 10.3. The van der Waals surface area contributed by atoms with E-state index in [0.29, 0.717) is 11.1 Å². The number of ketones is 1. The third-order valence-electron chi connectivity index (χ3n) is 3.47. The first-order valence-corrected chi connectivity index (χ1v) is 6.36. The van der Waals surface area contributed by atoms with Gasteiger partial charge in [-0.3, -0.25) is 4.79 Å². The van der Waals surface area contributed by atoms with Gasteiger partial charge in [-0.05, 0) is 49.1 Å². The molecule has 1 N–H and O–H groups in total. The van der Waals surface area contributed by atoms with Crippen LogP contribution in [-0.4, -0.2) is 16.9 Å². The van der Waals surface area contributed by atoms with Gasteiger partial charge >= 0.3 is 5.97 Å². The highest BCUT2D eigenvalue weighted by atomic mass is 16.4. The van der Waals surface area contributed by atoms with Gasteiger partial charge < -0.3 is 5.11 Å². The standard InChI is InChI=1S/C17H16O3/c1-10-7-8-15(11(2)16(10)17(19)20)14-6-4-5-13(9-14)12(3)18/h4-9H,1-3H3,(H,19,20). The fourth-order valence-electron chi connectivity index (χ4n) is 2.39. The van der Waals surface area contributed by atoms with Crippen molar-refractivity contribution in [2.75, 3.05) is 0 Å². The predicted octanol–water partition coefficient (Wildman–Crippen LogP) is 3.87. The van der Waals surface area contributed by atoms with Crippen molar-refractivity contribution in [2.24, 2.45) is 0 Å². The lowest BCUT2D eigenvalue weighted by Crippen LogP contribution is -2.04. The Hall–Kier alpha value is -2.42. The molecule has 0 unspecified atom stereocenters. The van der Waals surface area contributed by atoms with E-state index in [0.717, 1.165) is 22.3 Å². The molecule has 20 heavy (non-hydrogen) atoms. The second-order valence-corrected chi connectivity index (χ2v) is 4.87. The molecule has 0 aliphatic rings. The van der Waals surface area contributed by atoms with Crippen molar-refractivity contribution in [3.05, 3.63) is 58.7 Å². The van der Waals surface area contributed by atoms with E-state index in [1.807, 2.05) is 18.2 Å². The van der Waals surface area contributed by atoms with Crippen molar-refractivity contribution in [3.8, 4) is 11.1 Å². The Labute approximate surface area is 117 Å². The molecule has 0 heterocycles. The van der Waals surface area contributed by atoms with Crippen LogP contribution in [-0.2, 0) is 0 Å². The molecule has 0 saturated heterocycles. The molecule has 2 rings (SSSR count). The molecule has 0 bridgehead atoms. The molecule has 0 aliphatic heterocycles. The van der Waals surface area contributed by atoms with Crippen molar-refractivity contribution in [1.29, 1.82) is 0 Å². The van der Waals surface area contributed by atoms with Crippen LogP contribution in [0, 0.1) is 13.8 Å². The summed E-state index contributed by atoms with van der Waals surface area (Å²) in [6.45, 7) is 5.10. The lowest BCUT2D eigenvalue weighted by molar-refractivity contribution is 0.0695. The highest BCUT2D eigenvalue weighted by Gasteiger charge is 2.15. The second-order valence-electron chi connectivity index (χ2n) is 4.87. The Morgan fingerprint density at radius 1 is 1.05 bits per heavy atom. The molecule has 3 heteroatoms. The predicted molar refractivity (Wildman–Crippen MR) is 78.3 cm³/mol. The monoisotopic (exact) mass is 268 g/mol. The quantitative estimate of drug-likeness (QED) is 0.860. The summed E-state index contributed by atoms with van der Waals surface area (Å²) in [4.78, 5) is 22.8. The summed E-state index contributed by atoms with van der Waals surface area (Å²) >= 11 is 0. The van der Waals surface area contributed by atoms with Crippen LogP contribution >= 0.6 is 0 Å². The first-order valence-electron chi connectivity index (χ1n) is 6.36. The van der Waals surface area contributed by atoms with Gasteiger partial charge in [0.05, 0.1) is 5.56 Å². The van der Waals surface area contributed by atoms with Crippen LogP contribution in [0.1, 0.15) is 38.8 Å². The summed E-state index contributed by atoms with van der Waals surface area (Å²) in [7, 11) is 0. The van der Waals surface area contributed by atoms with Gasteiger partial charge in [-0.25, -0.2) is 4.79 Å². The van der Waals surface area contributed by atoms with Gasteiger partial charge in [0.2, 0.25) is 0 Å². The molecule has 3 nitrogen and oxygen atoms in total. The lowest BCUT2D eigenvalue weighted by atomic mass is 9.92. The van der Waals surface area contributed by atoms with E-state index in [1.165, 1.54) is 6.92 Å². The Morgan fingerprint density at radius 3 is 2.35 bits per heavy atom. The van der Waals surface area contributed by atoms with Crippen LogP contribution in [0.2, 0.25) is 0 Å². The summed E-state index contributed by atoms with van der Waals surface area (Å²) < 4.78 is 0. The minimum atomic E-state index is -0.926. The lowest BCUT2D eigenvalue weighted by Gasteiger charge is -2.12. The first kappa shape index (κ1) is 14.0. The second kappa shape index (κ2) is 5.29. The summed E-state index contributed by atoms with van der Waals surface area (Å²) in [5, 5.41) is 9.31. The number of aryl methyl sites for hydroxylation is 1. The molecule has 0 atom stereocenters. The Morgan fingerprint density at radius 2 is 1.75 bits per heavy atom. The van der Waals surface area contributed by atoms with E-state index in [-0.39, 0.29) is 5.78 Å². The molecule has 0 saturated carbocycles. The number of hydrogen-bond donors (Lipinski definition) is 1. The summed E-state index contributed by atoms with van der Waals surface area (Å²) in [6, 6.07) is 10.9. The molecule has 0 aliphatic carbocycles. The van der Waals surface area contributed by atoms with E-state index in [9.17, 15) is 14.7 Å². The zero-order valence-electron chi connectivity index (χ0n) is 11.7. The maximum Gasteiger partial charge on any atom is 0.336 e. The number of carbonyl (C=O) groups is 2. The van der Waals surface area contributed by atoms with Gasteiger partial charge in [-0.1, -0.05) is 30.3 Å². The number of rotatable bonds is 3. The smallest absolute Gasteiger partial charge is 0.336 e. The summed E-state index contributed by atoms with van der Waals surface area (Å²) in [5.41, 5.74) is 4.11. The SMILES string of the molecule is CC(=O)c1cccc(-c2ccc(C)c(C(=O)O)c2C)c1. The maximum atomic E-state index is 11.4. The summed E-state index contributed by atoms with van der Waals surface area (Å²) in [6.07, 6.45) is 0. The zero-order chi connectivity index (χ0) is 14.9. The molecule has 2 aromatic carbocycles. The van der Waals surface area contributed by atoms with Gasteiger partial charge in [0.15, 0.2) is 5.78 Å². The van der Waals surface area contributed by atoms with Crippen molar-refractivity contribution >= 4 is 11.8 Å². The average molecular weight is 268 g/mol. The Bertz CT molecular complexity index is 699. The van der Waals surface area contributed by atoms with Crippen LogP contribution in [0.4, 0.5) is 0 Å². The zero-order valence-corrected chi connectivity index (χ0v) is 11.7. The van der Waals surface area contributed by atoms with Crippen LogP contribution in [0.5, 0.6) is 0 Å². The molecular weight excluding hydrogens is 252 g/mol. The number of carbonyl (C=O) groups excluding carboxylic acids is 1. The third kappa shape index (κ3) is 2.48. The minimum absolute atomic E-state index is 0.00456. The molecule has 0 radical (unpaired) electrons. The summed E-state index contributed by atoms with van der Waals surface area (Å²) in [5.74, 6) is -0.931. The largest absolute Gasteiger partial charge is 0.478 e. The Balaban J connectivity index is 2.65. The van der Waals surface area contributed by atoms with E-state index in [2.05, 4.69) is 0 Å². The van der Waals surface area contributed by atoms with Crippen LogP contribution in [0.25, 0.3) is 11.1 Å². The third-order valence-corrected chi connectivity index (χ3v) is 3.47. The molecule has 2 aromatic rings. The van der Waals surface area contributed by atoms with Crippen molar-refractivity contribution < 1.29 is 14.7 Å². The van der Waals surface area contributed by atoms with Crippen LogP contribution in [0.3, 0.4) is 0 Å². The molecule has 0 fully saturated rings. The number of aromatic carboxylic acids is 1. The van der Waals surface area contributed by atoms with E-state index < -0.39 is 5.97 Å². The fraction of sp³-hybridized carbons (Fsp3) is 0.176. The van der Waals surface area contributed by atoms with Crippen LogP contribution in [0.15, 0.2) is 36.4 Å². The number of carboxylic acids is 1. The highest BCUT2D eigenvalue weighted by molar-refractivity contribution is 5.96. The highest BCUT2D eigenvalue weighted by Crippen LogP contribution is 2.28. The van der Waals surface area contributed by atoms with Crippen molar-refractivity contribution in [2.45, 2.75) is 20.8 Å². The van der Waals surface area contributed by atoms with Crippen LogP contribution < -0.4 is 0 Å². The Kier molecular flexibility index (Phi) is 3.70. The fourth-order valence-corrected chi connectivity index (χ4v) is 2.39. The average Bonchev–Trinajstić information content (AvgIpc) is 2.38. The minimum Gasteiger partial charge on any atom is -0.478 e. The van der Waals surface area contributed by atoms with Crippen molar-refractivity contribution in [3.63, 3.8) is 0 Å². The van der Waals surface area contributed by atoms with Gasteiger partial charge in [-0.2, -0.15) is 0 Å². The number of carboxylic acid groups (broad SMARTS) is 1. The van der Waals surface area contributed by atoms with E-state index in [1.54, 1.807) is 32.0 Å². The van der Waals surface area contributed by atoms with E-state index >= 15 is 0 Å². The number of hydrogen-bond acceptors (Lipinski definition) is 2. The molecule has 102 valence electrons. The first-order chi connectivity index (χ1) is 9.41. The van der Waals surface area contributed by atoms with Gasteiger partial charge in [0, 0.05) is 5.56 Å². The van der Waals surface area contributed by atoms with Crippen molar-refractivity contribution in [1.82, 2.24) is 0 Å². The molecule has 0 aromatic heterocycles. The molecule has 0 spiro atoms. The van der Waals surface area contributed by atoms with Gasteiger partial charge in [0.1, 0.15) is 0 Å². The number of benzene rings is 2.